The van der Waals surface area contributed by atoms with Crippen molar-refractivity contribution >= 4 is 21.6 Å². The lowest BCUT2D eigenvalue weighted by atomic mass is 10.1. The van der Waals surface area contributed by atoms with Crippen molar-refractivity contribution in [1.29, 1.82) is 0 Å². The Morgan fingerprint density at radius 2 is 1.84 bits per heavy atom. The van der Waals surface area contributed by atoms with E-state index < -0.39 is 0 Å². The van der Waals surface area contributed by atoms with Crippen LogP contribution in [0, 0.1) is 0 Å². The van der Waals surface area contributed by atoms with Crippen molar-refractivity contribution < 1.29 is 0 Å². The third-order valence-electron chi connectivity index (χ3n) is 2.75. The van der Waals surface area contributed by atoms with Gasteiger partial charge in [-0.05, 0) is 27.6 Å². The van der Waals surface area contributed by atoms with Crippen molar-refractivity contribution in [3.63, 3.8) is 0 Å². The first-order valence-electron chi connectivity index (χ1n) is 5.75. The molecule has 0 saturated heterocycles. The highest BCUT2D eigenvalue weighted by molar-refractivity contribution is 9.10. The Balaban J connectivity index is 2.02. The van der Waals surface area contributed by atoms with Gasteiger partial charge in [-0.1, -0.05) is 30.3 Å². The van der Waals surface area contributed by atoms with E-state index in [1.165, 1.54) is 0 Å². The molecule has 3 rings (SSSR count). The zero-order valence-corrected chi connectivity index (χ0v) is 11.6. The molecule has 0 aliphatic heterocycles. The van der Waals surface area contributed by atoms with Crippen LogP contribution in [0.5, 0.6) is 0 Å². The van der Waals surface area contributed by atoms with E-state index in [1.807, 2.05) is 48.8 Å². The van der Waals surface area contributed by atoms with Crippen LogP contribution in [0.3, 0.4) is 0 Å². The molecule has 0 fully saturated rings. The van der Waals surface area contributed by atoms with Gasteiger partial charge in [-0.25, -0.2) is 9.67 Å². The molecule has 0 radical (unpaired) electrons. The lowest BCUT2D eigenvalue weighted by Crippen LogP contribution is -2.00. The summed E-state index contributed by atoms with van der Waals surface area (Å²) in [6.45, 7) is 0. The monoisotopic (exact) mass is 314 g/mol. The Kier molecular flexibility index (Phi) is 3.05. The Labute approximate surface area is 119 Å². The predicted molar refractivity (Wildman–Crippen MR) is 78.9 cm³/mol. The summed E-state index contributed by atoms with van der Waals surface area (Å²) in [7, 11) is 0. The summed E-state index contributed by atoms with van der Waals surface area (Å²) in [5.74, 6) is 0.719. The average Bonchev–Trinajstić information content (AvgIpc) is 2.89. The lowest BCUT2D eigenvalue weighted by Gasteiger charge is -2.03. The van der Waals surface area contributed by atoms with Gasteiger partial charge in [0.25, 0.3) is 0 Å². The third-order valence-corrected chi connectivity index (χ3v) is 3.33. The number of hydrogen-bond donors (Lipinski definition) is 1. The summed E-state index contributed by atoms with van der Waals surface area (Å²) in [6, 6.07) is 11.9. The maximum Gasteiger partial charge on any atom is 0.167 e. The molecule has 1 aromatic carbocycles. The summed E-state index contributed by atoms with van der Waals surface area (Å²) in [4.78, 5) is 4.28. The summed E-state index contributed by atoms with van der Waals surface area (Å²) >= 11 is 3.45. The topological polar surface area (TPSA) is 56.7 Å². The number of nitrogens with two attached hydrogens (primary N) is 1. The molecule has 4 nitrogen and oxygen atoms in total. The molecule has 94 valence electrons. The number of anilines is 1. The molecular weight excluding hydrogens is 304 g/mol. The summed E-state index contributed by atoms with van der Waals surface area (Å²) < 4.78 is 2.54. The van der Waals surface area contributed by atoms with Crippen molar-refractivity contribution in [3.05, 3.63) is 59.5 Å². The van der Waals surface area contributed by atoms with Crippen molar-refractivity contribution in [2.45, 2.75) is 0 Å². The molecule has 2 heterocycles. The fourth-order valence-corrected chi connectivity index (χ4v) is 2.38. The molecule has 2 aromatic heterocycles. The van der Waals surface area contributed by atoms with Crippen molar-refractivity contribution in [2.24, 2.45) is 0 Å². The van der Waals surface area contributed by atoms with Gasteiger partial charge in [0.1, 0.15) is 0 Å². The normalized spacial score (nSPS) is 10.6. The van der Waals surface area contributed by atoms with Crippen LogP contribution in [0.2, 0.25) is 0 Å². The SMILES string of the molecule is Nc1cnc(-n2cc(-c3ccccc3)cn2)c(Br)c1. The van der Waals surface area contributed by atoms with Gasteiger partial charge in [-0.3, -0.25) is 0 Å². The smallest absolute Gasteiger partial charge is 0.167 e. The maximum absolute atomic E-state index is 5.68. The van der Waals surface area contributed by atoms with Gasteiger partial charge < -0.3 is 5.73 Å². The van der Waals surface area contributed by atoms with E-state index in [-0.39, 0.29) is 0 Å². The molecule has 19 heavy (non-hydrogen) atoms. The first-order valence-corrected chi connectivity index (χ1v) is 6.55. The van der Waals surface area contributed by atoms with E-state index in [9.17, 15) is 0 Å². The zero-order chi connectivity index (χ0) is 13.2. The second-order valence-electron chi connectivity index (χ2n) is 4.11. The van der Waals surface area contributed by atoms with Crippen molar-refractivity contribution in [1.82, 2.24) is 14.8 Å². The van der Waals surface area contributed by atoms with Crippen LogP contribution >= 0.6 is 15.9 Å². The number of pyridine rings is 1. The van der Waals surface area contributed by atoms with E-state index >= 15 is 0 Å². The van der Waals surface area contributed by atoms with Gasteiger partial charge in [-0.2, -0.15) is 5.10 Å². The van der Waals surface area contributed by atoms with Crippen LogP contribution in [0.4, 0.5) is 5.69 Å². The third kappa shape index (κ3) is 2.37. The van der Waals surface area contributed by atoms with Gasteiger partial charge in [0.15, 0.2) is 5.82 Å². The number of hydrogen-bond acceptors (Lipinski definition) is 3. The van der Waals surface area contributed by atoms with Crippen molar-refractivity contribution in [2.75, 3.05) is 5.73 Å². The van der Waals surface area contributed by atoms with E-state index in [0.717, 1.165) is 21.4 Å². The molecule has 3 aromatic rings. The minimum Gasteiger partial charge on any atom is -0.397 e. The quantitative estimate of drug-likeness (QED) is 0.789. The molecule has 0 unspecified atom stereocenters. The van der Waals surface area contributed by atoms with E-state index in [4.69, 9.17) is 5.73 Å². The van der Waals surface area contributed by atoms with Crippen LogP contribution in [-0.4, -0.2) is 14.8 Å². The fourth-order valence-electron chi connectivity index (χ4n) is 1.83. The Hall–Kier alpha value is -2.14. The van der Waals surface area contributed by atoms with Crippen LogP contribution < -0.4 is 5.73 Å². The highest BCUT2D eigenvalue weighted by atomic mass is 79.9. The first-order chi connectivity index (χ1) is 9.24. The Bertz CT molecular complexity index is 706. The minimum atomic E-state index is 0.617. The maximum atomic E-state index is 5.68. The van der Waals surface area contributed by atoms with Crippen LogP contribution in [-0.2, 0) is 0 Å². The van der Waals surface area contributed by atoms with Crippen LogP contribution in [0.15, 0.2) is 59.5 Å². The Morgan fingerprint density at radius 3 is 2.58 bits per heavy atom. The zero-order valence-electron chi connectivity index (χ0n) is 9.99. The predicted octanol–water partition coefficient (Wildman–Crippen LogP) is 3.28. The van der Waals surface area contributed by atoms with Gasteiger partial charge in [0.05, 0.1) is 22.6 Å². The molecule has 0 atom stereocenters. The van der Waals surface area contributed by atoms with E-state index in [0.29, 0.717) is 5.69 Å². The van der Waals surface area contributed by atoms with Gasteiger partial charge >= 0.3 is 0 Å². The molecule has 0 bridgehead atoms. The van der Waals surface area contributed by atoms with E-state index in [2.05, 4.69) is 26.0 Å². The summed E-state index contributed by atoms with van der Waals surface area (Å²) in [6.07, 6.45) is 5.38. The highest BCUT2D eigenvalue weighted by Crippen LogP contribution is 2.23. The largest absolute Gasteiger partial charge is 0.397 e. The number of rotatable bonds is 2. The summed E-state index contributed by atoms with van der Waals surface area (Å²) in [5.41, 5.74) is 8.47. The molecule has 0 aliphatic carbocycles. The lowest BCUT2D eigenvalue weighted by molar-refractivity contribution is 0.842. The molecule has 0 aliphatic rings. The average molecular weight is 315 g/mol. The van der Waals surface area contributed by atoms with Crippen molar-refractivity contribution in [3.8, 4) is 16.9 Å². The second-order valence-corrected chi connectivity index (χ2v) is 4.97. The van der Waals surface area contributed by atoms with E-state index in [1.54, 1.807) is 10.9 Å². The van der Waals surface area contributed by atoms with Gasteiger partial charge in [0, 0.05) is 11.8 Å². The Morgan fingerprint density at radius 1 is 1.05 bits per heavy atom. The second kappa shape index (κ2) is 4.85. The van der Waals surface area contributed by atoms with Gasteiger partial charge in [-0.15, -0.1) is 0 Å². The standard InChI is InChI=1S/C14H11BrN4/c15-13-6-12(16)8-17-14(13)19-9-11(7-18-19)10-4-2-1-3-5-10/h1-9H,16H2. The number of nitrogens with zero attached hydrogens (tertiary/aromatic N) is 3. The summed E-state index contributed by atoms with van der Waals surface area (Å²) in [5, 5.41) is 4.34. The molecule has 2 N–H and O–H groups in total. The number of halogens is 1. The first kappa shape index (κ1) is 11.9. The molecule has 0 saturated carbocycles. The highest BCUT2D eigenvalue weighted by Gasteiger charge is 2.07. The molecule has 5 heteroatoms. The molecular formula is C14H11BrN4. The fraction of sp³-hybridized carbons (Fsp3) is 0. The number of nitrogen functional groups attached to an aromatic ring is 1. The number of aromatic nitrogens is 3. The minimum absolute atomic E-state index is 0.617. The van der Waals surface area contributed by atoms with Crippen LogP contribution in [0.1, 0.15) is 0 Å². The van der Waals surface area contributed by atoms with Gasteiger partial charge in [0.2, 0.25) is 0 Å². The molecule has 0 spiro atoms. The van der Waals surface area contributed by atoms with Crippen LogP contribution in [0.25, 0.3) is 16.9 Å². The molecule has 0 amide bonds. The number of benzene rings is 1.